The fourth-order valence-electron chi connectivity index (χ4n) is 3.49. The number of fused-ring (bicyclic) bond motifs is 1. The van der Waals surface area contributed by atoms with Crippen molar-refractivity contribution in [1.82, 2.24) is 19.7 Å². The van der Waals surface area contributed by atoms with Gasteiger partial charge in [-0.15, -0.1) is 0 Å². The number of aromatic nitrogens is 4. The van der Waals surface area contributed by atoms with E-state index in [1.54, 1.807) is 30.7 Å². The molecule has 0 radical (unpaired) electrons. The Bertz CT molecular complexity index is 1510. The van der Waals surface area contributed by atoms with Gasteiger partial charge in [0.15, 0.2) is 11.6 Å². The molecule has 4 aromatic rings. The highest BCUT2D eigenvalue weighted by Gasteiger charge is 2.20. The molecule has 0 aliphatic heterocycles. The fourth-order valence-corrected chi connectivity index (χ4v) is 3.49. The van der Waals surface area contributed by atoms with Crippen molar-refractivity contribution in [2.45, 2.75) is 20.4 Å². The molecule has 34 heavy (non-hydrogen) atoms. The molecule has 3 heterocycles. The Labute approximate surface area is 191 Å². The molecule has 0 spiro atoms. The number of aryl methyl sites for hydroxylation is 1. The fraction of sp³-hybridized carbons (Fsp3) is 0.130. The Kier molecular flexibility index (Phi) is 5.73. The van der Waals surface area contributed by atoms with E-state index in [9.17, 15) is 18.4 Å². The van der Waals surface area contributed by atoms with Crippen molar-refractivity contribution >= 4 is 28.4 Å². The minimum absolute atomic E-state index is 0.00181. The van der Waals surface area contributed by atoms with Gasteiger partial charge in [0.2, 0.25) is 5.91 Å². The second-order valence-electron chi connectivity index (χ2n) is 7.51. The normalized spacial score (nSPS) is 10.8. The number of pyridine rings is 2. The first-order valence-corrected chi connectivity index (χ1v) is 9.98. The van der Waals surface area contributed by atoms with Crippen molar-refractivity contribution in [3.63, 3.8) is 0 Å². The number of primary amides is 1. The maximum Gasteiger partial charge on any atom is 0.274 e. The third-order valence-corrected chi connectivity index (χ3v) is 5.23. The molecule has 11 heteroatoms. The summed E-state index contributed by atoms with van der Waals surface area (Å²) in [5.74, 6) is -3.93. The van der Waals surface area contributed by atoms with Gasteiger partial charge >= 0.3 is 0 Å². The molecular formula is C23H17F2N7O2. The lowest BCUT2D eigenvalue weighted by molar-refractivity contribution is 0.100. The molecule has 1 aromatic carbocycles. The lowest BCUT2D eigenvalue weighted by Gasteiger charge is -2.10. The summed E-state index contributed by atoms with van der Waals surface area (Å²) in [5.41, 5.74) is 7.60. The number of hydrogen-bond donors (Lipinski definition) is 2. The van der Waals surface area contributed by atoms with Gasteiger partial charge in [-0.2, -0.15) is 10.4 Å². The van der Waals surface area contributed by atoms with E-state index in [0.717, 1.165) is 18.2 Å². The van der Waals surface area contributed by atoms with Crippen molar-refractivity contribution in [2.24, 2.45) is 5.73 Å². The number of halogens is 2. The smallest absolute Gasteiger partial charge is 0.274 e. The van der Waals surface area contributed by atoms with Gasteiger partial charge in [0.25, 0.3) is 5.91 Å². The van der Waals surface area contributed by atoms with Gasteiger partial charge in [-0.05, 0) is 38.1 Å². The number of amides is 2. The van der Waals surface area contributed by atoms with E-state index in [2.05, 4.69) is 20.4 Å². The molecule has 170 valence electrons. The Balaban J connectivity index is 1.65. The van der Waals surface area contributed by atoms with Crippen LogP contribution in [0.4, 0.5) is 14.5 Å². The molecular weight excluding hydrogens is 444 g/mol. The lowest BCUT2D eigenvalue weighted by Crippen LogP contribution is -2.18. The van der Waals surface area contributed by atoms with Crippen LogP contribution >= 0.6 is 0 Å². The van der Waals surface area contributed by atoms with Crippen LogP contribution in [0, 0.1) is 36.8 Å². The van der Waals surface area contributed by atoms with Crippen LogP contribution in [0.25, 0.3) is 10.9 Å². The summed E-state index contributed by atoms with van der Waals surface area (Å²) in [6.45, 7) is 3.76. The van der Waals surface area contributed by atoms with Crippen molar-refractivity contribution in [3.05, 3.63) is 82.1 Å². The highest BCUT2D eigenvalue weighted by atomic mass is 19.2. The summed E-state index contributed by atoms with van der Waals surface area (Å²) in [4.78, 5) is 33.1. The van der Waals surface area contributed by atoms with Gasteiger partial charge in [-0.25, -0.2) is 13.8 Å². The second-order valence-corrected chi connectivity index (χ2v) is 7.51. The van der Waals surface area contributed by atoms with E-state index in [1.807, 2.05) is 6.07 Å². The van der Waals surface area contributed by atoms with Gasteiger partial charge in [-0.3, -0.25) is 19.3 Å². The molecule has 0 saturated heterocycles. The monoisotopic (exact) mass is 461 g/mol. The zero-order chi connectivity index (χ0) is 24.6. The third-order valence-electron chi connectivity index (χ3n) is 5.23. The third kappa shape index (κ3) is 4.16. The average molecular weight is 461 g/mol. The first-order chi connectivity index (χ1) is 16.2. The molecule has 0 fully saturated rings. The molecule has 3 aromatic heterocycles. The Morgan fingerprint density at radius 1 is 1.18 bits per heavy atom. The zero-order valence-electron chi connectivity index (χ0n) is 18.1. The number of nitrogens with one attached hydrogen (secondary N) is 1. The highest BCUT2D eigenvalue weighted by Crippen LogP contribution is 2.24. The minimum atomic E-state index is -1.17. The quantitative estimate of drug-likeness (QED) is 0.468. The number of hydrogen-bond acceptors (Lipinski definition) is 6. The molecule has 3 N–H and O–H groups in total. The van der Waals surface area contributed by atoms with Gasteiger partial charge in [0.1, 0.15) is 11.8 Å². The van der Waals surface area contributed by atoms with Crippen LogP contribution in [0.2, 0.25) is 0 Å². The van der Waals surface area contributed by atoms with E-state index in [1.165, 1.54) is 6.20 Å². The van der Waals surface area contributed by atoms with Crippen LogP contribution in [-0.4, -0.2) is 31.6 Å². The van der Waals surface area contributed by atoms with Crippen LogP contribution in [0.5, 0.6) is 0 Å². The van der Waals surface area contributed by atoms with E-state index in [4.69, 9.17) is 11.0 Å². The number of benzene rings is 1. The molecule has 0 aliphatic carbocycles. The summed E-state index contributed by atoms with van der Waals surface area (Å²) in [7, 11) is 0. The number of carbonyl (C=O) groups excluding carboxylic acids is 2. The van der Waals surface area contributed by atoms with Crippen LogP contribution in [0.3, 0.4) is 0 Å². The average Bonchev–Trinajstić information content (AvgIpc) is 3.06. The van der Waals surface area contributed by atoms with Gasteiger partial charge < -0.3 is 11.1 Å². The van der Waals surface area contributed by atoms with Crippen LogP contribution < -0.4 is 11.1 Å². The maximum absolute atomic E-state index is 13.7. The molecule has 2 amide bonds. The van der Waals surface area contributed by atoms with Crippen molar-refractivity contribution in [2.75, 3.05) is 5.32 Å². The SMILES string of the molecule is Cc1nn(Cc2ccc(C#N)cn2)c(C)c1NC(=O)c1cc(C(N)=O)c2cc(F)c(F)cc2n1. The number of nitrogens with two attached hydrogens (primary N) is 1. The largest absolute Gasteiger partial charge is 0.366 e. The summed E-state index contributed by atoms with van der Waals surface area (Å²) in [6, 6.07) is 8.10. The molecule has 0 saturated carbocycles. The second kappa shape index (κ2) is 8.67. The number of anilines is 1. The molecule has 4 rings (SSSR count). The Morgan fingerprint density at radius 3 is 2.56 bits per heavy atom. The predicted octanol–water partition coefficient (Wildman–Crippen LogP) is 2.99. The first kappa shape index (κ1) is 22.5. The summed E-state index contributed by atoms with van der Waals surface area (Å²) in [6.07, 6.45) is 1.46. The van der Waals surface area contributed by atoms with Crippen molar-refractivity contribution in [3.8, 4) is 6.07 Å². The van der Waals surface area contributed by atoms with Crippen LogP contribution in [0.1, 0.15) is 43.5 Å². The Hall–Kier alpha value is -4.72. The van der Waals surface area contributed by atoms with Gasteiger partial charge in [-0.1, -0.05) is 0 Å². The zero-order valence-corrected chi connectivity index (χ0v) is 18.1. The van der Waals surface area contributed by atoms with E-state index in [-0.39, 0.29) is 22.2 Å². The summed E-state index contributed by atoms with van der Waals surface area (Å²) in [5, 5.41) is 16.0. The highest BCUT2D eigenvalue weighted by molar-refractivity contribution is 6.10. The standard InChI is InChI=1S/C23H17F2N7O2/c1-11-21(12(2)32(31-11)10-14-4-3-13(8-26)9-28-14)30-23(34)20-6-16(22(27)33)15-5-17(24)18(25)7-19(15)29-20/h3-7,9H,10H2,1-2H3,(H2,27,33)(H,30,34). The molecule has 0 unspecified atom stereocenters. The number of rotatable bonds is 5. The van der Waals surface area contributed by atoms with Crippen LogP contribution in [0.15, 0.2) is 36.5 Å². The van der Waals surface area contributed by atoms with E-state index in [0.29, 0.717) is 34.9 Å². The Morgan fingerprint density at radius 2 is 1.91 bits per heavy atom. The minimum Gasteiger partial charge on any atom is -0.366 e. The molecule has 0 aliphatic rings. The lowest BCUT2D eigenvalue weighted by atomic mass is 10.1. The molecule has 9 nitrogen and oxygen atoms in total. The first-order valence-electron chi connectivity index (χ1n) is 9.98. The molecule has 0 atom stereocenters. The van der Waals surface area contributed by atoms with Gasteiger partial charge in [0.05, 0.1) is 46.0 Å². The topological polar surface area (TPSA) is 140 Å². The van der Waals surface area contributed by atoms with Crippen LogP contribution in [-0.2, 0) is 6.54 Å². The number of nitriles is 1. The summed E-state index contributed by atoms with van der Waals surface area (Å²) < 4.78 is 29.0. The maximum atomic E-state index is 13.7. The predicted molar refractivity (Wildman–Crippen MR) is 118 cm³/mol. The van der Waals surface area contributed by atoms with E-state index >= 15 is 0 Å². The summed E-state index contributed by atoms with van der Waals surface area (Å²) >= 11 is 0. The van der Waals surface area contributed by atoms with Crippen molar-refractivity contribution < 1.29 is 18.4 Å². The number of carbonyl (C=O) groups is 2. The van der Waals surface area contributed by atoms with Crippen molar-refractivity contribution in [1.29, 1.82) is 5.26 Å². The van der Waals surface area contributed by atoms with E-state index < -0.39 is 23.4 Å². The van der Waals surface area contributed by atoms with Gasteiger partial charge in [0, 0.05) is 17.6 Å². The number of nitrogens with zero attached hydrogens (tertiary/aromatic N) is 5. The molecule has 0 bridgehead atoms.